The summed E-state index contributed by atoms with van der Waals surface area (Å²) < 4.78 is 52.7. The third-order valence-corrected chi connectivity index (χ3v) is 8.51. The predicted molar refractivity (Wildman–Crippen MR) is 121 cm³/mol. The number of rotatable bonds is 6. The van der Waals surface area contributed by atoms with Crippen LogP contribution < -0.4 is 0 Å². The summed E-state index contributed by atoms with van der Waals surface area (Å²) in [4.78, 5) is -0.0983. The van der Waals surface area contributed by atoms with Crippen LogP contribution in [0.5, 0.6) is 0 Å². The highest BCUT2D eigenvalue weighted by atomic mass is 35.5. The lowest BCUT2D eigenvalue weighted by atomic mass is 10.2. The Hall–Kier alpha value is -2.41. The Labute approximate surface area is 182 Å². The van der Waals surface area contributed by atoms with E-state index in [0.29, 0.717) is 10.6 Å². The van der Waals surface area contributed by atoms with Crippen molar-refractivity contribution in [2.45, 2.75) is 23.6 Å². The van der Waals surface area contributed by atoms with E-state index < -0.39 is 25.4 Å². The molecular weight excluding hydrogens is 440 g/mol. The molecule has 0 unspecified atom stereocenters. The fraction of sp³-hybridized carbons (Fsp3) is 0.130. The van der Waals surface area contributed by atoms with E-state index >= 15 is 0 Å². The lowest BCUT2D eigenvalue weighted by Gasteiger charge is -2.12. The van der Waals surface area contributed by atoms with Crippen LogP contribution in [0.2, 0.25) is 5.02 Å². The van der Waals surface area contributed by atoms with Crippen molar-refractivity contribution in [2.75, 3.05) is 5.75 Å². The van der Waals surface area contributed by atoms with Crippen molar-refractivity contribution in [3.63, 3.8) is 0 Å². The Kier molecular flexibility index (Phi) is 6.50. The summed E-state index contributed by atoms with van der Waals surface area (Å²) in [6.07, 6.45) is 1.37. The molecule has 0 saturated carbocycles. The Morgan fingerprint density at radius 3 is 1.87 bits per heavy atom. The molecule has 156 valence electrons. The molecule has 3 aromatic carbocycles. The molecule has 7 heteroatoms. The van der Waals surface area contributed by atoms with E-state index in [1.165, 1.54) is 30.3 Å². The number of aryl methyl sites for hydroxylation is 2. The number of hydrogen-bond donors (Lipinski definition) is 0. The lowest BCUT2D eigenvalue weighted by Crippen LogP contribution is -2.16. The molecular formula is C23H21ClO4S2. The zero-order chi connectivity index (χ0) is 21.9. The highest BCUT2D eigenvalue weighted by Gasteiger charge is 2.27. The van der Waals surface area contributed by atoms with Gasteiger partial charge >= 0.3 is 0 Å². The number of sulfone groups is 2. The molecule has 0 aliphatic heterocycles. The zero-order valence-electron chi connectivity index (χ0n) is 16.5. The SMILES string of the molecule is Cc1ccc(S(=O)(=O)CC(=Cc2cccc(Cl)c2)S(=O)(=O)c2ccc(C)cc2)cc1. The van der Waals surface area contributed by atoms with Gasteiger partial charge < -0.3 is 0 Å². The first-order valence-corrected chi connectivity index (χ1v) is 12.7. The van der Waals surface area contributed by atoms with Crippen LogP contribution in [-0.2, 0) is 19.7 Å². The van der Waals surface area contributed by atoms with Crippen LogP contribution in [-0.4, -0.2) is 22.6 Å². The third-order valence-electron chi connectivity index (χ3n) is 4.57. The Balaban J connectivity index is 2.12. The van der Waals surface area contributed by atoms with Gasteiger partial charge in [0, 0.05) is 5.02 Å². The summed E-state index contributed by atoms with van der Waals surface area (Å²) in [6, 6.07) is 19.3. The van der Waals surface area contributed by atoms with E-state index in [9.17, 15) is 16.8 Å². The molecule has 0 amide bonds. The largest absolute Gasteiger partial charge is 0.223 e. The molecule has 0 atom stereocenters. The minimum absolute atomic E-state index is 0.0421. The van der Waals surface area contributed by atoms with Crippen molar-refractivity contribution in [2.24, 2.45) is 0 Å². The second-order valence-electron chi connectivity index (χ2n) is 7.05. The van der Waals surface area contributed by atoms with Gasteiger partial charge in [0.25, 0.3) is 0 Å². The Morgan fingerprint density at radius 2 is 1.33 bits per heavy atom. The van der Waals surface area contributed by atoms with Crippen molar-refractivity contribution in [3.8, 4) is 0 Å². The van der Waals surface area contributed by atoms with E-state index in [1.54, 1.807) is 48.5 Å². The minimum atomic E-state index is -4.04. The second-order valence-corrected chi connectivity index (χ2v) is 11.5. The lowest BCUT2D eigenvalue weighted by molar-refractivity contribution is 0.592. The summed E-state index contributed by atoms with van der Waals surface area (Å²) in [7, 11) is -7.93. The fourth-order valence-electron chi connectivity index (χ4n) is 2.86. The fourth-order valence-corrected chi connectivity index (χ4v) is 6.41. The molecule has 0 fully saturated rings. The standard InChI is InChI=1S/C23H21ClO4S2/c1-17-6-10-21(11-7-17)29(25,26)16-23(15-19-4-3-5-20(24)14-19)30(27,28)22-12-8-18(2)9-13-22/h3-15H,16H2,1-2H3. The molecule has 0 N–H and O–H groups in total. The van der Waals surface area contributed by atoms with Crippen molar-refractivity contribution in [1.82, 2.24) is 0 Å². The van der Waals surface area contributed by atoms with Crippen LogP contribution in [0, 0.1) is 13.8 Å². The van der Waals surface area contributed by atoms with Gasteiger partial charge in [-0.3, -0.25) is 0 Å². The Morgan fingerprint density at radius 1 is 0.800 bits per heavy atom. The monoisotopic (exact) mass is 460 g/mol. The average Bonchev–Trinajstić information content (AvgIpc) is 2.68. The average molecular weight is 461 g/mol. The van der Waals surface area contributed by atoms with Crippen LogP contribution in [0.3, 0.4) is 0 Å². The van der Waals surface area contributed by atoms with Gasteiger partial charge in [-0.15, -0.1) is 0 Å². The normalized spacial score (nSPS) is 12.7. The first-order valence-electron chi connectivity index (χ1n) is 9.15. The number of halogens is 1. The van der Waals surface area contributed by atoms with Crippen LogP contribution in [0.1, 0.15) is 16.7 Å². The molecule has 4 nitrogen and oxygen atoms in total. The van der Waals surface area contributed by atoms with Crippen LogP contribution in [0.4, 0.5) is 0 Å². The van der Waals surface area contributed by atoms with Gasteiger partial charge in [0.1, 0.15) is 0 Å². The van der Waals surface area contributed by atoms with Gasteiger partial charge in [-0.25, -0.2) is 16.8 Å². The maximum absolute atomic E-state index is 13.3. The highest BCUT2D eigenvalue weighted by molar-refractivity contribution is 7.98. The number of hydrogen-bond acceptors (Lipinski definition) is 4. The molecule has 0 aliphatic rings. The van der Waals surface area contributed by atoms with Gasteiger partial charge in [-0.1, -0.05) is 59.1 Å². The molecule has 0 saturated heterocycles. The van der Waals surface area contributed by atoms with E-state index in [4.69, 9.17) is 11.6 Å². The first kappa shape index (κ1) is 22.3. The van der Waals surface area contributed by atoms with Crippen molar-refractivity contribution < 1.29 is 16.8 Å². The molecule has 0 aliphatic carbocycles. The zero-order valence-corrected chi connectivity index (χ0v) is 18.9. The second kappa shape index (κ2) is 8.76. The smallest absolute Gasteiger partial charge is 0.203 e. The summed E-state index contributed by atoms with van der Waals surface area (Å²) in [5, 5.41) is 0.428. The Bertz CT molecular complexity index is 1290. The van der Waals surface area contributed by atoms with E-state index in [1.807, 2.05) is 13.8 Å². The van der Waals surface area contributed by atoms with E-state index in [-0.39, 0.29) is 14.7 Å². The van der Waals surface area contributed by atoms with Gasteiger partial charge in [-0.05, 0) is 61.9 Å². The predicted octanol–water partition coefficient (Wildman–Crippen LogP) is 5.25. The number of benzene rings is 3. The minimum Gasteiger partial charge on any atom is -0.223 e. The summed E-state index contributed by atoms with van der Waals surface area (Å²) in [5.41, 5.74) is 2.32. The molecule has 0 spiro atoms. The van der Waals surface area contributed by atoms with Crippen LogP contribution in [0.15, 0.2) is 87.5 Å². The molecule has 3 rings (SSSR count). The van der Waals surface area contributed by atoms with Gasteiger partial charge in [0.05, 0.1) is 20.4 Å². The highest BCUT2D eigenvalue weighted by Crippen LogP contribution is 2.26. The third kappa shape index (κ3) is 5.19. The molecule has 30 heavy (non-hydrogen) atoms. The first-order chi connectivity index (χ1) is 14.1. The summed E-state index contributed by atoms with van der Waals surface area (Å²) in [5.74, 6) is -0.654. The van der Waals surface area contributed by atoms with Gasteiger partial charge in [0.15, 0.2) is 9.84 Å². The van der Waals surface area contributed by atoms with Crippen molar-refractivity contribution in [3.05, 3.63) is 99.4 Å². The molecule has 0 heterocycles. The molecule has 3 aromatic rings. The molecule has 0 aromatic heterocycles. The van der Waals surface area contributed by atoms with Crippen molar-refractivity contribution in [1.29, 1.82) is 0 Å². The maximum atomic E-state index is 13.3. The van der Waals surface area contributed by atoms with Crippen LogP contribution >= 0.6 is 11.6 Å². The van der Waals surface area contributed by atoms with E-state index in [2.05, 4.69) is 0 Å². The van der Waals surface area contributed by atoms with E-state index in [0.717, 1.165) is 11.1 Å². The maximum Gasteiger partial charge on any atom is 0.203 e. The van der Waals surface area contributed by atoms with Crippen LogP contribution in [0.25, 0.3) is 6.08 Å². The van der Waals surface area contributed by atoms with Crippen molar-refractivity contribution >= 4 is 37.4 Å². The van der Waals surface area contributed by atoms with Gasteiger partial charge in [-0.2, -0.15) is 0 Å². The quantitative estimate of drug-likeness (QED) is 0.504. The molecule has 0 radical (unpaired) electrons. The molecule has 0 bridgehead atoms. The van der Waals surface area contributed by atoms with Gasteiger partial charge in [0.2, 0.25) is 9.84 Å². The summed E-state index contributed by atoms with van der Waals surface area (Å²) >= 11 is 6.02. The topological polar surface area (TPSA) is 68.3 Å². The summed E-state index contributed by atoms with van der Waals surface area (Å²) in [6.45, 7) is 3.70.